The molecule has 2 atom stereocenters. The first-order valence-corrected chi connectivity index (χ1v) is 4.70. The molecular weight excluding hydrogens is 200 g/mol. The SMILES string of the molecule is CC.CNC(=O)C(O)C(O)C(=O)N(C)C. The molecular formula is C9H20N2O4. The van der Waals surface area contributed by atoms with Gasteiger partial charge in [-0.1, -0.05) is 13.8 Å². The topological polar surface area (TPSA) is 89.9 Å². The number of nitrogens with zero attached hydrogens (tertiary/aromatic N) is 1. The number of aliphatic hydroxyl groups excluding tert-OH is 2. The molecule has 0 spiro atoms. The van der Waals surface area contributed by atoms with Gasteiger partial charge in [0.15, 0.2) is 12.2 Å². The molecule has 0 aliphatic carbocycles. The van der Waals surface area contributed by atoms with Gasteiger partial charge in [-0.15, -0.1) is 0 Å². The molecule has 0 aliphatic rings. The predicted octanol–water partition coefficient (Wildman–Crippen LogP) is -1.43. The van der Waals surface area contributed by atoms with E-state index in [1.807, 2.05) is 13.8 Å². The van der Waals surface area contributed by atoms with Gasteiger partial charge in [0.25, 0.3) is 11.8 Å². The molecule has 6 heteroatoms. The van der Waals surface area contributed by atoms with Gasteiger partial charge in [0.05, 0.1) is 0 Å². The normalized spacial score (nSPS) is 13.0. The molecule has 0 bridgehead atoms. The highest BCUT2D eigenvalue weighted by Crippen LogP contribution is 1.97. The van der Waals surface area contributed by atoms with E-state index in [1.165, 1.54) is 21.1 Å². The van der Waals surface area contributed by atoms with Crippen LogP contribution in [0.3, 0.4) is 0 Å². The third-order valence-corrected chi connectivity index (χ3v) is 1.51. The molecule has 0 aromatic heterocycles. The highest BCUT2D eigenvalue weighted by Gasteiger charge is 2.30. The van der Waals surface area contributed by atoms with Crippen LogP contribution in [-0.4, -0.2) is 60.3 Å². The third kappa shape index (κ3) is 5.34. The Labute approximate surface area is 89.9 Å². The second-order valence-electron chi connectivity index (χ2n) is 2.74. The summed E-state index contributed by atoms with van der Waals surface area (Å²) < 4.78 is 0. The Morgan fingerprint density at radius 3 is 1.80 bits per heavy atom. The smallest absolute Gasteiger partial charge is 0.254 e. The number of aliphatic hydroxyl groups is 2. The number of hydrogen-bond acceptors (Lipinski definition) is 4. The van der Waals surface area contributed by atoms with Crippen LogP contribution in [0.15, 0.2) is 0 Å². The number of carbonyl (C=O) groups is 2. The maximum atomic E-state index is 11.0. The molecule has 15 heavy (non-hydrogen) atoms. The van der Waals surface area contributed by atoms with Crippen molar-refractivity contribution in [3.05, 3.63) is 0 Å². The number of hydrogen-bond donors (Lipinski definition) is 3. The Balaban J connectivity index is 0. The second kappa shape index (κ2) is 8.19. The highest BCUT2D eigenvalue weighted by atomic mass is 16.3. The lowest BCUT2D eigenvalue weighted by Crippen LogP contribution is -2.48. The molecule has 90 valence electrons. The van der Waals surface area contributed by atoms with Crippen LogP contribution in [0.4, 0.5) is 0 Å². The van der Waals surface area contributed by atoms with Crippen molar-refractivity contribution in [2.75, 3.05) is 21.1 Å². The number of amides is 2. The molecule has 0 aromatic rings. The Morgan fingerprint density at radius 1 is 1.13 bits per heavy atom. The van der Waals surface area contributed by atoms with Gasteiger partial charge in [-0.3, -0.25) is 9.59 Å². The number of nitrogens with one attached hydrogen (secondary N) is 1. The zero-order chi connectivity index (χ0) is 12.6. The van der Waals surface area contributed by atoms with Crippen molar-refractivity contribution in [1.29, 1.82) is 0 Å². The molecule has 3 N–H and O–H groups in total. The summed E-state index contributed by atoms with van der Waals surface area (Å²) in [5.74, 6) is -1.50. The quantitative estimate of drug-likeness (QED) is 0.544. The predicted molar refractivity (Wildman–Crippen MR) is 56.1 cm³/mol. The molecule has 0 radical (unpaired) electrons. The number of rotatable bonds is 3. The van der Waals surface area contributed by atoms with Gasteiger partial charge in [-0.25, -0.2) is 0 Å². The Hall–Kier alpha value is -1.14. The molecule has 0 saturated heterocycles. The van der Waals surface area contributed by atoms with E-state index in [-0.39, 0.29) is 0 Å². The van der Waals surface area contributed by atoms with E-state index < -0.39 is 24.0 Å². The summed E-state index contributed by atoms with van der Waals surface area (Å²) in [4.78, 5) is 22.9. The van der Waals surface area contributed by atoms with Gasteiger partial charge in [0, 0.05) is 21.1 Å². The molecule has 2 amide bonds. The summed E-state index contributed by atoms with van der Waals surface area (Å²) >= 11 is 0. The standard InChI is InChI=1S/C7H14N2O4.C2H6/c1-8-6(12)4(10)5(11)7(13)9(2)3;1-2/h4-5,10-11H,1-3H3,(H,8,12);1-2H3. The van der Waals surface area contributed by atoms with E-state index in [9.17, 15) is 9.59 Å². The molecule has 0 heterocycles. The van der Waals surface area contributed by atoms with Gasteiger partial charge < -0.3 is 20.4 Å². The van der Waals surface area contributed by atoms with Crippen molar-refractivity contribution in [1.82, 2.24) is 10.2 Å². The summed E-state index contributed by atoms with van der Waals surface area (Å²) in [6.07, 6.45) is -3.44. The lowest BCUT2D eigenvalue weighted by molar-refractivity contribution is -0.151. The van der Waals surface area contributed by atoms with Crippen LogP contribution in [0, 0.1) is 0 Å². The monoisotopic (exact) mass is 220 g/mol. The zero-order valence-corrected chi connectivity index (χ0v) is 9.81. The van der Waals surface area contributed by atoms with Crippen LogP contribution in [0.2, 0.25) is 0 Å². The van der Waals surface area contributed by atoms with E-state index in [0.717, 1.165) is 4.90 Å². The highest BCUT2D eigenvalue weighted by molar-refractivity contribution is 5.90. The van der Waals surface area contributed by atoms with Gasteiger partial charge in [0.2, 0.25) is 0 Å². The lowest BCUT2D eigenvalue weighted by atomic mass is 10.1. The third-order valence-electron chi connectivity index (χ3n) is 1.51. The minimum absolute atomic E-state index is 0.712. The molecule has 0 saturated carbocycles. The lowest BCUT2D eigenvalue weighted by Gasteiger charge is -2.19. The van der Waals surface area contributed by atoms with Crippen molar-refractivity contribution in [3.8, 4) is 0 Å². The molecule has 0 aromatic carbocycles. The van der Waals surface area contributed by atoms with Crippen molar-refractivity contribution < 1.29 is 19.8 Å². The first-order valence-electron chi connectivity index (χ1n) is 4.70. The molecule has 6 nitrogen and oxygen atoms in total. The fraction of sp³-hybridized carbons (Fsp3) is 0.778. The average molecular weight is 220 g/mol. The maximum Gasteiger partial charge on any atom is 0.254 e. The minimum atomic E-state index is -1.72. The van der Waals surface area contributed by atoms with Crippen LogP contribution in [0.25, 0.3) is 0 Å². The van der Waals surface area contributed by atoms with E-state index in [1.54, 1.807) is 0 Å². The van der Waals surface area contributed by atoms with E-state index in [2.05, 4.69) is 5.32 Å². The Morgan fingerprint density at radius 2 is 1.53 bits per heavy atom. The molecule has 0 rings (SSSR count). The van der Waals surface area contributed by atoms with Gasteiger partial charge in [0.1, 0.15) is 0 Å². The fourth-order valence-corrected chi connectivity index (χ4v) is 0.691. The summed E-state index contributed by atoms with van der Waals surface area (Å²) in [5.41, 5.74) is 0. The van der Waals surface area contributed by atoms with Crippen LogP contribution in [0.1, 0.15) is 13.8 Å². The average Bonchev–Trinajstić information content (AvgIpc) is 2.27. The largest absolute Gasteiger partial charge is 0.380 e. The summed E-state index contributed by atoms with van der Waals surface area (Å²) in [5, 5.41) is 20.4. The summed E-state index contributed by atoms with van der Waals surface area (Å²) in [6.45, 7) is 4.00. The first kappa shape index (κ1) is 16.3. The van der Waals surface area contributed by atoms with Crippen LogP contribution in [0.5, 0.6) is 0 Å². The van der Waals surface area contributed by atoms with Gasteiger partial charge >= 0.3 is 0 Å². The second-order valence-corrected chi connectivity index (χ2v) is 2.74. The number of likely N-dealkylation sites (N-methyl/N-ethyl adjacent to an activating group) is 2. The fourth-order valence-electron chi connectivity index (χ4n) is 0.691. The summed E-state index contributed by atoms with van der Waals surface area (Å²) in [6, 6.07) is 0. The van der Waals surface area contributed by atoms with Crippen LogP contribution >= 0.6 is 0 Å². The zero-order valence-electron chi connectivity index (χ0n) is 9.81. The van der Waals surface area contributed by atoms with E-state index >= 15 is 0 Å². The Kier molecular flexibility index (Phi) is 8.90. The van der Waals surface area contributed by atoms with E-state index in [0.29, 0.717) is 0 Å². The maximum absolute atomic E-state index is 11.0. The molecule has 0 fully saturated rings. The number of carbonyl (C=O) groups excluding carboxylic acids is 2. The van der Waals surface area contributed by atoms with Crippen molar-refractivity contribution in [2.45, 2.75) is 26.1 Å². The Bertz CT molecular complexity index is 206. The van der Waals surface area contributed by atoms with E-state index in [4.69, 9.17) is 10.2 Å². The van der Waals surface area contributed by atoms with Gasteiger partial charge in [-0.2, -0.15) is 0 Å². The van der Waals surface area contributed by atoms with Crippen molar-refractivity contribution >= 4 is 11.8 Å². The van der Waals surface area contributed by atoms with Crippen molar-refractivity contribution in [3.63, 3.8) is 0 Å². The first-order chi connectivity index (χ1) is 6.91. The van der Waals surface area contributed by atoms with Gasteiger partial charge in [-0.05, 0) is 0 Å². The van der Waals surface area contributed by atoms with Crippen LogP contribution in [-0.2, 0) is 9.59 Å². The van der Waals surface area contributed by atoms with Crippen LogP contribution < -0.4 is 5.32 Å². The molecule has 0 aliphatic heterocycles. The summed E-state index contributed by atoms with van der Waals surface area (Å²) in [7, 11) is 4.14. The minimum Gasteiger partial charge on any atom is -0.380 e. The molecule has 2 unspecified atom stereocenters. The van der Waals surface area contributed by atoms with Crippen molar-refractivity contribution in [2.24, 2.45) is 0 Å².